The molecule has 0 radical (unpaired) electrons. The Bertz CT molecular complexity index is 701. The summed E-state index contributed by atoms with van der Waals surface area (Å²) in [6.07, 6.45) is 4.00. The number of hydrogen-bond donors (Lipinski definition) is 2. The van der Waals surface area contributed by atoms with Crippen molar-refractivity contribution in [3.63, 3.8) is 0 Å². The maximum atomic E-state index is 5.34. The number of nitrogens with zero attached hydrogens (tertiary/aromatic N) is 2. The molecule has 2 heterocycles. The van der Waals surface area contributed by atoms with E-state index in [9.17, 15) is 0 Å². The van der Waals surface area contributed by atoms with Crippen molar-refractivity contribution in [3.8, 4) is 0 Å². The Labute approximate surface area is 149 Å². The summed E-state index contributed by atoms with van der Waals surface area (Å²) in [5, 5.41) is 7.07. The first-order valence-corrected chi connectivity index (χ1v) is 8.89. The largest absolute Gasteiger partial charge is 0.362 e. The van der Waals surface area contributed by atoms with Crippen LogP contribution >= 0.6 is 12.2 Å². The number of hydrogen-bond acceptors (Lipinski definition) is 3. The molecule has 1 aliphatic heterocycles. The molecule has 3 rings (SSSR count). The van der Waals surface area contributed by atoms with Crippen LogP contribution in [0.4, 0.5) is 5.82 Å². The predicted molar refractivity (Wildman–Crippen MR) is 103 cm³/mol. The lowest BCUT2D eigenvalue weighted by Gasteiger charge is -2.28. The Morgan fingerprint density at radius 2 is 2.04 bits per heavy atom. The first-order valence-electron chi connectivity index (χ1n) is 8.48. The maximum absolute atomic E-state index is 5.34. The molecular formula is C19H24N4S. The normalized spacial score (nSPS) is 14.0. The second-order valence-corrected chi connectivity index (χ2v) is 6.61. The van der Waals surface area contributed by atoms with Gasteiger partial charge in [0, 0.05) is 32.4 Å². The summed E-state index contributed by atoms with van der Waals surface area (Å²) in [4.78, 5) is 6.81. The fourth-order valence-corrected chi connectivity index (χ4v) is 3.22. The molecule has 0 aliphatic carbocycles. The van der Waals surface area contributed by atoms with Crippen molar-refractivity contribution in [3.05, 3.63) is 59.3 Å². The van der Waals surface area contributed by atoms with Gasteiger partial charge in [-0.2, -0.15) is 0 Å². The van der Waals surface area contributed by atoms with Gasteiger partial charge in [-0.1, -0.05) is 30.3 Å². The molecule has 0 unspecified atom stereocenters. The molecule has 0 fully saturated rings. The predicted octanol–water partition coefficient (Wildman–Crippen LogP) is 3.12. The third-order valence-electron chi connectivity index (χ3n) is 4.39. The Balaban J connectivity index is 1.37. The molecule has 1 aromatic carbocycles. The van der Waals surface area contributed by atoms with Crippen LogP contribution in [0.15, 0.2) is 42.6 Å². The zero-order valence-corrected chi connectivity index (χ0v) is 14.9. The van der Waals surface area contributed by atoms with Crippen LogP contribution < -0.4 is 10.6 Å². The van der Waals surface area contributed by atoms with Crippen molar-refractivity contribution in [1.29, 1.82) is 0 Å². The van der Waals surface area contributed by atoms with Crippen molar-refractivity contribution in [2.75, 3.05) is 25.0 Å². The van der Waals surface area contributed by atoms with Crippen LogP contribution in [0.25, 0.3) is 0 Å². The molecular weight excluding hydrogens is 316 g/mol. The molecule has 2 N–H and O–H groups in total. The molecule has 0 atom stereocenters. The molecule has 1 aromatic heterocycles. The number of rotatable bonds is 5. The number of aryl methyl sites for hydroxylation is 1. The Hall–Kier alpha value is -1.98. The van der Waals surface area contributed by atoms with E-state index < -0.39 is 0 Å². The molecule has 0 bridgehead atoms. The van der Waals surface area contributed by atoms with Crippen LogP contribution in [0, 0.1) is 6.92 Å². The van der Waals surface area contributed by atoms with Crippen molar-refractivity contribution in [2.24, 2.45) is 0 Å². The third-order valence-corrected chi connectivity index (χ3v) is 4.63. The average Bonchev–Trinajstić information content (AvgIpc) is 2.60. The average molecular weight is 340 g/mol. The second kappa shape index (κ2) is 8.22. The van der Waals surface area contributed by atoms with Gasteiger partial charge in [0.25, 0.3) is 0 Å². The minimum Gasteiger partial charge on any atom is -0.362 e. The lowest BCUT2D eigenvalue weighted by atomic mass is 10.00. The van der Waals surface area contributed by atoms with E-state index in [1.165, 1.54) is 11.1 Å². The van der Waals surface area contributed by atoms with E-state index in [0.29, 0.717) is 5.11 Å². The fraction of sp³-hybridized carbons (Fsp3) is 0.368. The first-order chi connectivity index (χ1) is 11.7. The third kappa shape index (κ3) is 4.52. The van der Waals surface area contributed by atoms with Crippen LogP contribution in [0.2, 0.25) is 0 Å². The van der Waals surface area contributed by atoms with Crippen LogP contribution in [0.3, 0.4) is 0 Å². The SMILES string of the molecule is Cc1cccnc1NC(=S)NCCCN1CCc2ccccc2C1. The second-order valence-electron chi connectivity index (χ2n) is 6.20. The fourth-order valence-electron chi connectivity index (χ4n) is 3.02. The van der Waals surface area contributed by atoms with E-state index >= 15 is 0 Å². The van der Waals surface area contributed by atoms with Crippen molar-refractivity contribution in [2.45, 2.75) is 26.3 Å². The summed E-state index contributed by atoms with van der Waals surface area (Å²) in [5.74, 6) is 0.822. The summed E-state index contributed by atoms with van der Waals surface area (Å²) < 4.78 is 0. The zero-order valence-electron chi connectivity index (χ0n) is 14.1. The van der Waals surface area contributed by atoms with Crippen molar-refractivity contribution in [1.82, 2.24) is 15.2 Å². The van der Waals surface area contributed by atoms with E-state index in [1.54, 1.807) is 6.20 Å². The Kier molecular flexibility index (Phi) is 5.77. The number of fused-ring (bicyclic) bond motifs is 1. The van der Waals surface area contributed by atoms with Gasteiger partial charge in [0.2, 0.25) is 0 Å². The van der Waals surface area contributed by atoms with Gasteiger partial charge in [-0.25, -0.2) is 4.98 Å². The molecule has 0 saturated carbocycles. The number of pyridine rings is 1. The molecule has 0 amide bonds. The quantitative estimate of drug-likeness (QED) is 0.646. The van der Waals surface area contributed by atoms with E-state index in [1.807, 2.05) is 19.1 Å². The smallest absolute Gasteiger partial charge is 0.171 e. The molecule has 1 aliphatic rings. The molecule has 4 nitrogen and oxygen atoms in total. The minimum atomic E-state index is 0.640. The molecule has 0 spiro atoms. The molecule has 0 saturated heterocycles. The van der Waals surface area contributed by atoms with E-state index in [-0.39, 0.29) is 0 Å². The zero-order chi connectivity index (χ0) is 16.8. The van der Waals surface area contributed by atoms with Gasteiger partial charge >= 0.3 is 0 Å². The van der Waals surface area contributed by atoms with Crippen LogP contribution in [0.1, 0.15) is 23.1 Å². The summed E-state index contributed by atoms with van der Waals surface area (Å²) in [6, 6.07) is 12.7. The van der Waals surface area contributed by atoms with Gasteiger partial charge in [-0.05, 0) is 54.7 Å². The van der Waals surface area contributed by atoms with Crippen molar-refractivity contribution >= 4 is 23.1 Å². The number of nitrogens with one attached hydrogen (secondary N) is 2. The summed E-state index contributed by atoms with van der Waals surface area (Å²) >= 11 is 5.34. The Morgan fingerprint density at radius 3 is 2.88 bits per heavy atom. The highest BCUT2D eigenvalue weighted by atomic mass is 32.1. The molecule has 5 heteroatoms. The maximum Gasteiger partial charge on any atom is 0.171 e. The standard InChI is InChI=1S/C19H24N4S/c1-15-6-4-10-20-18(15)22-19(24)21-11-5-12-23-13-9-16-7-2-3-8-17(16)14-23/h2-4,6-8,10H,5,9,11-14H2,1H3,(H2,20,21,22,24). The van der Waals surface area contributed by atoms with Crippen LogP contribution in [-0.4, -0.2) is 34.6 Å². The van der Waals surface area contributed by atoms with Crippen molar-refractivity contribution < 1.29 is 0 Å². The van der Waals surface area contributed by atoms with Gasteiger partial charge in [-0.3, -0.25) is 4.90 Å². The summed E-state index contributed by atoms with van der Waals surface area (Å²) in [5.41, 5.74) is 4.07. The van der Waals surface area contributed by atoms with Gasteiger partial charge in [-0.15, -0.1) is 0 Å². The van der Waals surface area contributed by atoms with E-state index in [2.05, 4.69) is 44.8 Å². The number of thiocarbonyl (C=S) groups is 1. The van der Waals surface area contributed by atoms with E-state index in [0.717, 1.165) is 50.4 Å². The number of aromatic nitrogens is 1. The number of benzene rings is 1. The van der Waals surface area contributed by atoms with Crippen LogP contribution in [0.5, 0.6) is 0 Å². The van der Waals surface area contributed by atoms with E-state index in [4.69, 9.17) is 12.2 Å². The van der Waals surface area contributed by atoms with Gasteiger partial charge in [0.05, 0.1) is 0 Å². The first kappa shape index (κ1) is 16.9. The van der Waals surface area contributed by atoms with Crippen LogP contribution in [-0.2, 0) is 13.0 Å². The van der Waals surface area contributed by atoms with Gasteiger partial charge in [0.15, 0.2) is 5.11 Å². The highest BCUT2D eigenvalue weighted by Gasteiger charge is 2.14. The monoisotopic (exact) mass is 340 g/mol. The minimum absolute atomic E-state index is 0.640. The lowest BCUT2D eigenvalue weighted by Crippen LogP contribution is -2.35. The topological polar surface area (TPSA) is 40.2 Å². The lowest BCUT2D eigenvalue weighted by molar-refractivity contribution is 0.251. The summed E-state index contributed by atoms with van der Waals surface area (Å²) in [6.45, 7) is 6.19. The summed E-state index contributed by atoms with van der Waals surface area (Å²) in [7, 11) is 0. The highest BCUT2D eigenvalue weighted by Crippen LogP contribution is 2.18. The molecule has 126 valence electrons. The molecule has 2 aromatic rings. The number of anilines is 1. The van der Waals surface area contributed by atoms with Gasteiger partial charge < -0.3 is 10.6 Å². The highest BCUT2D eigenvalue weighted by molar-refractivity contribution is 7.80. The molecule has 24 heavy (non-hydrogen) atoms. The van der Waals surface area contributed by atoms with Gasteiger partial charge in [0.1, 0.15) is 5.82 Å². The Morgan fingerprint density at radius 1 is 1.21 bits per heavy atom.